The lowest BCUT2D eigenvalue weighted by molar-refractivity contribution is -0.135. The van der Waals surface area contributed by atoms with E-state index in [0.717, 1.165) is 42.8 Å². The van der Waals surface area contributed by atoms with Crippen LogP contribution >= 0.6 is 0 Å². The van der Waals surface area contributed by atoms with Crippen molar-refractivity contribution >= 4 is 16.9 Å². The van der Waals surface area contributed by atoms with E-state index in [1.807, 2.05) is 47.4 Å². The Morgan fingerprint density at radius 1 is 1.08 bits per heavy atom. The number of amides is 1. The molecule has 2 heterocycles. The molecule has 24 heavy (non-hydrogen) atoms. The Kier molecular flexibility index (Phi) is 4.03. The minimum atomic E-state index is 0.262. The van der Waals surface area contributed by atoms with Crippen LogP contribution in [0.4, 0.5) is 0 Å². The van der Waals surface area contributed by atoms with Gasteiger partial charge in [-0.2, -0.15) is 0 Å². The summed E-state index contributed by atoms with van der Waals surface area (Å²) >= 11 is 0. The normalized spacial score (nSPS) is 14.8. The number of H-pyrrole nitrogens is 1. The Hall–Kier alpha value is -2.62. The predicted octanol–water partition coefficient (Wildman–Crippen LogP) is 3.51. The lowest BCUT2D eigenvalue weighted by Crippen LogP contribution is -2.48. The van der Waals surface area contributed by atoms with Gasteiger partial charge >= 0.3 is 0 Å². The average molecular weight is 319 g/mol. The molecule has 4 heteroatoms. The second-order valence-electron chi connectivity index (χ2n) is 6.47. The number of hydrogen-bond donors (Lipinski definition) is 1. The number of rotatable bonds is 5. The third-order valence-electron chi connectivity index (χ3n) is 4.73. The number of nitrogens with zero attached hydrogens (tertiary/aromatic N) is 2. The van der Waals surface area contributed by atoms with Crippen molar-refractivity contribution in [1.82, 2.24) is 14.9 Å². The molecule has 0 bridgehead atoms. The van der Waals surface area contributed by atoms with Gasteiger partial charge in [-0.3, -0.25) is 4.79 Å². The van der Waals surface area contributed by atoms with Crippen LogP contribution in [-0.4, -0.2) is 33.9 Å². The number of benzene rings is 2. The number of para-hydroxylation sites is 2. The number of carbonyl (C=O) groups excluding carboxylic acids is 1. The van der Waals surface area contributed by atoms with E-state index < -0.39 is 0 Å². The molecule has 1 aliphatic rings. The SMILES string of the molecule is O=C(CCCc1ccccc1)N1CC(c2nc3ccccc3[nH]2)C1. The van der Waals surface area contributed by atoms with Crippen LogP contribution in [0.3, 0.4) is 0 Å². The van der Waals surface area contributed by atoms with E-state index in [2.05, 4.69) is 22.1 Å². The maximum Gasteiger partial charge on any atom is 0.222 e. The minimum Gasteiger partial charge on any atom is -0.342 e. The molecule has 0 aliphatic carbocycles. The van der Waals surface area contributed by atoms with Gasteiger partial charge in [0.2, 0.25) is 5.91 Å². The zero-order valence-electron chi connectivity index (χ0n) is 13.6. The van der Waals surface area contributed by atoms with Gasteiger partial charge in [-0.25, -0.2) is 4.98 Å². The fourth-order valence-electron chi connectivity index (χ4n) is 3.27. The molecular weight excluding hydrogens is 298 g/mol. The highest BCUT2D eigenvalue weighted by molar-refractivity contribution is 5.78. The quantitative estimate of drug-likeness (QED) is 0.782. The van der Waals surface area contributed by atoms with Crippen molar-refractivity contribution in [1.29, 1.82) is 0 Å². The first kappa shape index (κ1) is 14.9. The standard InChI is InChI=1S/C20H21N3O/c24-19(12-6-9-15-7-2-1-3-8-15)23-13-16(14-23)20-21-17-10-4-5-11-18(17)22-20/h1-5,7-8,10-11,16H,6,9,12-14H2,(H,21,22). The molecule has 4 rings (SSSR count). The van der Waals surface area contributed by atoms with Crippen molar-refractivity contribution in [2.45, 2.75) is 25.2 Å². The largest absolute Gasteiger partial charge is 0.342 e. The first-order chi connectivity index (χ1) is 11.8. The van der Waals surface area contributed by atoms with Gasteiger partial charge in [-0.1, -0.05) is 42.5 Å². The molecule has 1 saturated heterocycles. The molecule has 0 atom stereocenters. The number of aryl methyl sites for hydroxylation is 1. The molecule has 1 aliphatic heterocycles. The van der Waals surface area contributed by atoms with E-state index in [4.69, 9.17) is 0 Å². The van der Waals surface area contributed by atoms with E-state index in [9.17, 15) is 4.79 Å². The van der Waals surface area contributed by atoms with E-state index >= 15 is 0 Å². The van der Waals surface area contributed by atoms with Crippen molar-refractivity contribution in [3.05, 3.63) is 66.0 Å². The van der Waals surface area contributed by atoms with Crippen molar-refractivity contribution in [3.8, 4) is 0 Å². The fraction of sp³-hybridized carbons (Fsp3) is 0.300. The third-order valence-corrected chi connectivity index (χ3v) is 4.73. The van der Waals surface area contributed by atoms with Gasteiger partial charge in [0, 0.05) is 19.5 Å². The molecule has 1 amide bonds. The first-order valence-electron chi connectivity index (χ1n) is 8.56. The smallest absolute Gasteiger partial charge is 0.222 e. The highest BCUT2D eigenvalue weighted by Gasteiger charge is 2.33. The molecule has 122 valence electrons. The zero-order valence-corrected chi connectivity index (χ0v) is 13.6. The van der Waals surface area contributed by atoms with Gasteiger partial charge in [0.05, 0.1) is 17.0 Å². The molecule has 2 aromatic carbocycles. The zero-order chi connectivity index (χ0) is 16.4. The number of likely N-dealkylation sites (tertiary alicyclic amines) is 1. The van der Waals surface area contributed by atoms with Crippen LogP contribution in [0.25, 0.3) is 11.0 Å². The van der Waals surface area contributed by atoms with Crippen molar-refractivity contribution in [2.75, 3.05) is 13.1 Å². The van der Waals surface area contributed by atoms with E-state index in [1.54, 1.807) is 0 Å². The fourth-order valence-corrected chi connectivity index (χ4v) is 3.27. The van der Waals surface area contributed by atoms with E-state index in [1.165, 1.54) is 5.56 Å². The number of hydrogen-bond acceptors (Lipinski definition) is 2. The van der Waals surface area contributed by atoms with Crippen LogP contribution in [0.15, 0.2) is 54.6 Å². The predicted molar refractivity (Wildman–Crippen MR) is 94.8 cm³/mol. The van der Waals surface area contributed by atoms with Gasteiger partial charge in [0.15, 0.2) is 0 Å². The molecule has 0 saturated carbocycles. The van der Waals surface area contributed by atoms with Gasteiger partial charge in [-0.05, 0) is 30.5 Å². The number of aromatic nitrogens is 2. The van der Waals surface area contributed by atoms with Gasteiger partial charge in [-0.15, -0.1) is 0 Å². The lowest BCUT2D eigenvalue weighted by atomic mass is 9.98. The maximum absolute atomic E-state index is 12.3. The Bertz CT molecular complexity index is 801. The summed E-state index contributed by atoms with van der Waals surface area (Å²) in [5.41, 5.74) is 3.37. The monoisotopic (exact) mass is 319 g/mol. The van der Waals surface area contributed by atoms with Crippen LogP contribution < -0.4 is 0 Å². The second kappa shape index (κ2) is 6.48. The third kappa shape index (κ3) is 3.04. The molecule has 4 nitrogen and oxygen atoms in total. The van der Waals surface area contributed by atoms with Crippen LogP contribution in [0, 0.1) is 0 Å². The van der Waals surface area contributed by atoms with Crippen molar-refractivity contribution < 1.29 is 4.79 Å². The number of fused-ring (bicyclic) bond motifs is 1. The summed E-state index contributed by atoms with van der Waals surface area (Å²) in [5.74, 6) is 1.61. The summed E-state index contributed by atoms with van der Waals surface area (Å²) in [6.07, 6.45) is 2.50. The molecule has 1 N–H and O–H groups in total. The van der Waals surface area contributed by atoms with Gasteiger partial charge in [0.25, 0.3) is 0 Å². The number of carbonyl (C=O) groups is 1. The summed E-state index contributed by atoms with van der Waals surface area (Å²) in [6, 6.07) is 18.4. The molecule has 0 unspecified atom stereocenters. The molecule has 1 aromatic heterocycles. The average Bonchev–Trinajstić information content (AvgIpc) is 2.98. The molecular formula is C20H21N3O. The summed E-state index contributed by atoms with van der Waals surface area (Å²) < 4.78 is 0. The lowest BCUT2D eigenvalue weighted by Gasteiger charge is -2.38. The Morgan fingerprint density at radius 3 is 2.62 bits per heavy atom. The molecule has 1 fully saturated rings. The van der Waals surface area contributed by atoms with Gasteiger partial charge in [0.1, 0.15) is 5.82 Å². The molecule has 0 spiro atoms. The van der Waals surface area contributed by atoms with E-state index in [-0.39, 0.29) is 5.91 Å². The summed E-state index contributed by atoms with van der Waals surface area (Å²) in [7, 11) is 0. The topological polar surface area (TPSA) is 49.0 Å². The highest BCUT2D eigenvalue weighted by Crippen LogP contribution is 2.27. The van der Waals surface area contributed by atoms with Crippen LogP contribution in [0.1, 0.15) is 30.1 Å². The molecule has 3 aromatic rings. The van der Waals surface area contributed by atoms with E-state index in [0.29, 0.717) is 12.3 Å². The first-order valence-corrected chi connectivity index (χ1v) is 8.56. The Morgan fingerprint density at radius 2 is 1.83 bits per heavy atom. The summed E-state index contributed by atoms with van der Waals surface area (Å²) in [4.78, 5) is 22.2. The number of imidazole rings is 1. The maximum atomic E-state index is 12.3. The van der Waals surface area contributed by atoms with Crippen LogP contribution in [0.2, 0.25) is 0 Å². The molecule has 0 radical (unpaired) electrons. The minimum absolute atomic E-state index is 0.262. The number of nitrogens with one attached hydrogen (secondary N) is 1. The van der Waals surface area contributed by atoms with Crippen LogP contribution in [0.5, 0.6) is 0 Å². The van der Waals surface area contributed by atoms with Crippen LogP contribution in [-0.2, 0) is 11.2 Å². The Balaban J connectivity index is 1.26. The Labute approximate surface area is 141 Å². The van der Waals surface area contributed by atoms with Crippen molar-refractivity contribution in [2.24, 2.45) is 0 Å². The number of aromatic amines is 1. The van der Waals surface area contributed by atoms with Gasteiger partial charge < -0.3 is 9.88 Å². The highest BCUT2D eigenvalue weighted by atomic mass is 16.2. The second-order valence-corrected chi connectivity index (χ2v) is 6.47. The van der Waals surface area contributed by atoms with Crippen molar-refractivity contribution in [3.63, 3.8) is 0 Å². The summed E-state index contributed by atoms with van der Waals surface area (Å²) in [5, 5.41) is 0. The summed E-state index contributed by atoms with van der Waals surface area (Å²) in [6.45, 7) is 1.56.